The van der Waals surface area contributed by atoms with Crippen LogP contribution in [-0.4, -0.2) is 35.9 Å². The van der Waals surface area contributed by atoms with Crippen LogP contribution in [0.3, 0.4) is 0 Å². The van der Waals surface area contributed by atoms with E-state index in [1.807, 2.05) is 32.0 Å². The number of methoxy groups -OCH3 is 2. The number of ether oxygens (including phenoxy) is 3. The zero-order valence-electron chi connectivity index (χ0n) is 25.7. The fraction of sp³-hybridized carbons (Fsp3) is 0.171. The van der Waals surface area contributed by atoms with Crippen LogP contribution in [0.25, 0.3) is 28.1 Å². The molecule has 1 N–H and O–H groups in total. The third-order valence-electron chi connectivity index (χ3n) is 7.42. The lowest BCUT2D eigenvalue weighted by molar-refractivity contribution is -0.137. The Morgan fingerprint density at radius 2 is 1.46 bits per heavy atom. The standard InChI is InChI=1S/C35H30F3N3O5/c1-20-7-6-8-30(21(20)2)41-34(46-22(3)42)31(32(40-41)25-17-28(44-4)19-29(18-25)45-5)23-11-15-27(16-12-23)39-33(43)24-9-13-26(14-10-24)35(36,37)38/h6-19H,1-5H3,(H,39,43). The first kappa shape index (κ1) is 31.8. The van der Waals surface area contributed by atoms with Gasteiger partial charge in [-0.05, 0) is 85.1 Å². The highest BCUT2D eigenvalue weighted by molar-refractivity contribution is 6.04. The highest BCUT2D eigenvalue weighted by Crippen LogP contribution is 2.43. The molecule has 0 aliphatic heterocycles. The summed E-state index contributed by atoms with van der Waals surface area (Å²) in [6, 6.07) is 21.7. The number of halogens is 3. The minimum absolute atomic E-state index is 0.0679. The molecule has 0 bridgehead atoms. The summed E-state index contributed by atoms with van der Waals surface area (Å²) in [6.07, 6.45) is -4.50. The van der Waals surface area contributed by atoms with E-state index in [1.165, 1.54) is 21.1 Å². The number of nitrogens with zero attached hydrogens (tertiary/aromatic N) is 2. The molecule has 5 aromatic rings. The number of aromatic nitrogens is 2. The van der Waals surface area contributed by atoms with Crippen LogP contribution in [0.15, 0.2) is 84.9 Å². The van der Waals surface area contributed by atoms with Crippen molar-refractivity contribution in [3.8, 4) is 45.5 Å². The molecule has 4 aromatic carbocycles. The molecule has 0 aliphatic rings. The highest BCUT2D eigenvalue weighted by Gasteiger charge is 2.30. The number of hydrogen-bond donors (Lipinski definition) is 1. The van der Waals surface area contributed by atoms with Crippen LogP contribution in [0.5, 0.6) is 17.4 Å². The fourth-order valence-electron chi connectivity index (χ4n) is 4.90. The second-order valence-corrected chi connectivity index (χ2v) is 10.5. The number of rotatable bonds is 8. The summed E-state index contributed by atoms with van der Waals surface area (Å²) < 4.78 is 57.3. The molecule has 236 valence electrons. The molecule has 0 atom stereocenters. The van der Waals surface area contributed by atoms with Gasteiger partial charge in [-0.15, -0.1) is 0 Å². The lowest BCUT2D eigenvalue weighted by atomic mass is 10.00. The van der Waals surface area contributed by atoms with Gasteiger partial charge < -0.3 is 19.5 Å². The lowest BCUT2D eigenvalue weighted by Gasteiger charge is -2.13. The Balaban J connectivity index is 1.62. The normalized spacial score (nSPS) is 11.2. The van der Waals surface area contributed by atoms with Crippen molar-refractivity contribution in [2.75, 3.05) is 19.5 Å². The van der Waals surface area contributed by atoms with E-state index in [1.54, 1.807) is 47.1 Å². The lowest BCUT2D eigenvalue weighted by Crippen LogP contribution is -2.12. The number of alkyl halides is 3. The molecule has 0 radical (unpaired) electrons. The van der Waals surface area contributed by atoms with E-state index in [9.17, 15) is 22.8 Å². The molecule has 0 fully saturated rings. The van der Waals surface area contributed by atoms with E-state index < -0.39 is 23.6 Å². The van der Waals surface area contributed by atoms with E-state index in [0.717, 1.165) is 35.4 Å². The molecule has 0 aliphatic carbocycles. The van der Waals surface area contributed by atoms with Gasteiger partial charge in [-0.3, -0.25) is 9.59 Å². The van der Waals surface area contributed by atoms with Crippen molar-refractivity contribution in [3.63, 3.8) is 0 Å². The second kappa shape index (κ2) is 12.8. The SMILES string of the molecule is COc1cc(OC)cc(-c2nn(-c3cccc(C)c3C)c(OC(C)=O)c2-c2ccc(NC(=O)c3ccc(C(F)(F)F)cc3)cc2)c1. The average Bonchev–Trinajstić information content (AvgIpc) is 3.40. The van der Waals surface area contributed by atoms with Gasteiger partial charge in [0, 0.05) is 29.8 Å². The maximum absolute atomic E-state index is 12.9. The Hall–Kier alpha value is -5.58. The van der Waals surface area contributed by atoms with Crippen molar-refractivity contribution in [2.45, 2.75) is 26.9 Å². The van der Waals surface area contributed by atoms with Crippen molar-refractivity contribution < 1.29 is 37.0 Å². The zero-order valence-corrected chi connectivity index (χ0v) is 25.7. The zero-order chi connectivity index (χ0) is 33.2. The van der Waals surface area contributed by atoms with Crippen molar-refractivity contribution in [2.24, 2.45) is 0 Å². The van der Waals surface area contributed by atoms with Gasteiger partial charge in [0.25, 0.3) is 5.91 Å². The third-order valence-corrected chi connectivity index (χ3v) is 7.42. The van der Waals surface area contributed by atoms with E-state index in [4.69, 9.17) is 19.3 Å². The fourth-order valence-corrected chi connectivity index (χ4v) is 4.90. The number of anilines is 1. The Labute approximate surface area is 263 Å². The molecule has 1 amide bonds. The summed E-state index contributed by atoms with van der Waals surface area (Å²) in [5.41, 5.74) is 4.47. The van der Waals surface area contributed by atoms with Crippen LogP contribution in [0, 0.1) is 13.8 Å². The van der Waals surface area contributed by atoms with Crippen LogP contribution >= 0.6 is 0 Å². The maximum atomic E-state index is 12.9. The number of carbonyl (C=O) groups is 2. The number of carbonyl (C=O) groups excluding carboxylic acids is 2. The van der Waals surface area contributed by atoms with E-state index >= 15 is 0 Å². The number of esters is 1. The monoisotopic (exact) mass is 629 g/mol. The molecule has 0 spiro atoms. The van der Waals surface area contributed by atoms with E-state index in [-0.39, 0.29) is 11.4 Å². The van der Waals surface area contributed by atoms with Crippen LogP contribution in [-0.2, 0) is 11.0 Å². The molecule has 5 rings (SSSR count). The maximum Gasteiger partial charge on any atom is 0.416 e. The Morgan fingerprint density at radius 1 is 0.826 bits per heavy atom. The van der Waals surface area contributed by atoms with E-state index in [2.05, 4.69) is 5.32 Å². The molecular weight excluding hydrogens is 599 g/mol. The van der Waals surface area contributed by atoms with Crippen molar-refractivity contribution >= 4 is 17.6 Å². The molecule has 0 saturated heterocycles. The van der Waals surface area contributed by atoms with Gasteiger partial charge in [0.05, 0.1) is 31.0 Å². The number of amides is 1. The van der Waals surface area contributed by atoms with Gasteiger partial charge in [0.1, 0.15) is 17.2 Å². The third kappa shape index (κ3) is 6.58. The number of aryl methyl sites for hydroxylation is 1. The summed E-state index contributed by atoms with van der Waals surface area (Å²) in [7, 11) is 3.08. The van der Waals surface area contributed by atoms with Crippen molar-refractivity contribution in [1.29, 1.82) is 0 Å². The first-order valence-corrected chi connectivity index (χ1v) is 14.1. The molecule has 8 nitrogen and oxygen atoms in total. The van der Waals surface area contributed by atoms with Crippen LogP contribution in [0.4, 0.5) is 18.9 Å². The molecular formula is C35H30F3N3O5. The Bertz CT molecular complexity index is 1890. The van der Waals surface area contributed by atoms with Gasteiger partial charge in [-0.25, -0.2) is 0 Å². The summed E-state index contributed by atoms with van der Waals surface area (Å²) in [5.74, 6) is 0.102. The predicted molar refractivity (Wildman–Crippen MR) is 168 cm³/mol. The molecule has 0 unspecified atom stereocenters. The molecule has 0 saturated carbocycles. The van der Waals surface area contributed by atoms with Gasteiger partial charge in [-0.1, -0.05) is 24.3 Å². The highest BCUT2D eigenvalue weighted by atomic mass is 19.4. The summed E-state index contributed by atoms with van der Waals surface area (Å²) >= 11 is 0. The first-order chi connectivity index (χ1) is 21.9. The minimum atomic E-state index is -4.50. The topological polar surface area (TPSA) is 91.7 Å². The Kier molecular flexibility index (Phi) is 8.86. The minimum Gasteiger partial charge on any atom is -0.497 e. The molecule has 11 heteroatoms. The largest absolute Gasteiger partial charge is 0.497 e. The van der Waals surface area contributed by atoms with Crippen molar-refractivity contribution in [3.05, 3.63) is 107 Å². The second-order valence-electron chi connectivity index (χ2n) is 10.5. The number of benzene rings is 4. The van der Waals surface area contributed by atoms with Gasteiger partial charge >= 0.3 is 12.1 Å². The average molecular weight is 630 g/mol. The van der Waals surface area contributed by atoms with E-state index in [0.29, 0.717) is 45.3 Å². The molecule has 1 aromatic heterocycles. The van der Waals surface area contributed by atoms with Crippen LogP contribution in [0.1, 0.15) is 34.0 Å². The summed E-state index contributed by atoms with van der Waals surface area (Å²) in [6.45, 7) is 5.23. The molecule has 46 heavy (non-hydrogen) atoms. The van der Waals surface area contributed by atoms with Crippen LogP contribution in [0.2, 0.25) is 0 Å². The van der Waals surface area contributed by atoms with Gasteiger partial charge in [0.15, 0.2) is 0 Å². The smallest absolute Gasteiger partial charge is 0.416 e. The predicted octanol–water partition coefficient (Wildman–Crippen LogP) is 8.04. The Morgan fingerprint density at radius 3 is 2.02 bits per heavy atom. The quantitative estimate of drug-likeness (QED) is 0.175. The van der Waals surface area contributed by atoms with Crippen molar-refractivity contribution in [1.82, 2.24) is 9.78 Å². The first-order valence-electron chi connectivity index (χ1n) is 14.1. The summed E-state index contributed by atoms with van der Waals surface area (Å²) in [5, 5.41) is 7.65. The number of hydrogen-bond acceptors (Lipinski definition) is 6. The van der Waals surface area contributed by atoms with Crippen LogP contribution < -0.4 is 19.5 Å². The van der Waals surface area contributed by atoms with Gasteiger partial charge in [0.2, 0.25) is 5.88 Å². The van der Waals surface area contributed by atoms with Gasteiger partial charge in [-0.2, -0.15) is 23.0 Å². The number of nitrogens with one attached hydrogen (secondary N) is 1. The summed E-state index contributed by atoms with van der Waals surface area (Å²) in [4.78, 5) is 25.2. The molecule has 1 heterocycles.